The maximum absolute atomic E-state index is 14.4. The van der Waals surface area contributed by atoms with E-state index in [0.717, 1.165) is 38.9 Å². The Kier molecular flexibility index (Phi) is 6.82. The van der Waals surface area contributed by atoms with Crippen molar-refractivity contribution in [1.29, 1.82) is 0 Å². The molecule has 9 heteroatoms. The average molecular weight is 532 g/mol. The average Bonchev–Trinajstić information content (AvgIpc) is 3.33. The van der Waals surface area contributed by atoms with Crippen molar-refractivity contribution in [2.75, 3.05) is 7.11 Å². The third-order valence-electron chi connectivity index (χ3n) is 6.20. The molecule has 1 N–H and O–H groups in total. The molecular weight excluding hydrogens is 509 g/mol. The van der Waals surface area contributed by atoms with Gasteiger partial charge in [0.1, 0.15) is 11.6 Å². The van der Waals surface area contributed by atoms with Crippen LogP contribution in [0.15, 0.2) is 77.7 Å². The van der Waals surface area contributed by atoms with Crippen LogP contribution in [0.5, 0.6) is 5.75 Å². The number of carbonyl (C=O) groups is 2. The topological polar surface area (TPSA) is 63.6 Å². The molecule has 0 bridgehead atoms. The van der Waals surface area contributed by atoms with Gasteiger partial charge in [0.25, 0.3) is 11.8 Å². The van der Waals surface area contributed by atoms with Crippen molar-refractivity contribution < 1.29 is 18.7 Å². The fourth-order valence-electron chi connectivity index (χ4n) is 4.24. The third kappa shape index (κ3) is 4.75. The Hall–Kier alpha value is -3.95. The fourth-order valence-corrected chi connectivity index (χ4v) is 5.41. The van der Waals surface area contributed by atoms with Crippen LogP contribution in [0, 0.1) is 12.7 Å². The lowest BCUT2D eigenvalue weighted by molar-refractivity contribution is -0.123. The molecule has 3 aromatic carbocycles. The Morgan fingerprint density at radius 3 is 2.51 bits per heavy atom. The van der Waals surface area contributed by atoms with Gasteiger partial charge in [-0.1, -0.05) is 48.2 Å². The minimum atomic E-state index is -0.460. The van der Waals surface area contributed by atoms with Gasteiger partial charge in [-0.2, -0.15) is 5.01 Å². The number of hydrogen-bond donors (Lipinski definition) is 1. The maximum Gasteiger partial charge on any atom is 0.285 e. The molecule has 1 fully saturated rings. The molecule has 0 aliphatic carbocycles. The lowest BCUT2D eigenvalue weighted by Gasteiger charge is -2.15. The summed E-state index contributed by atoms with van der Waals surface area (Å²) in [5, 5.41) is 2.02. The zero-order chi connectivity index (χ0) is 26.1. The maximum atomic E-state index is 14.4. The summed E-state index contributed by atoms with van der Waals surface area (Å²) >= 11 is 6.52. The molecule has 1 aliphatic rings. The number of ether oxygens (including phenoxy) is 1. The van der Waals surface area contributed by atoms with Crippen molar-refractivity contribution >= 4 is 57.1 Å². The van der Waals surface area contributed by atoms with Gasteiger partial charge in [0.15, 0.2) is 4.32 Å². The number of fused-ring (bicyclic) bond motifs is 1. The van der Waals surface area contributed by atoms with Gasteiger partial charge in [0, 0.05) is 33.3 Å². The van der Waals surface area contributed by atoms with Gasteiger partial charge in [-0.15, -0.1) is 0 Å². The number of amides is 2. The first-order valence-corrected chi connectivity index (χ1v) is 12.6. The number of hydrazine groups is 1. The molecule has 0 radical (unpaired) electrons. The van der Waals surface area contributed by atoms with Gasteiger partial charge >= 0.3 is 0 Å². The van der Waals surface area contributed by atoms with Crippen molar-refractivity contribution in [3.8, 4) is 5.75 Å². The smallest absolute Gasteiger partial charge is 0.285 e. The number of nitrogens with one attached hydrogen (secondary N) is 1. The van der Waals surface area contributed by atoms with Crippen molar-refractivity contribution in [3.05, 3.63) is 106 Å². The normalized spacial score (nSPS) is 14.6. The van der Waals surface area contributed by atoms with E-state index in [2.05, 4.69) is 5.43 Å². The molecule has 37 heavy (non-hydrogen) atoms. The van der Waals surface area contributed by atoms with Crippen LogP contribution >= 0.6 is 24.0 Å². The molecule has 1 saturated heterocycles. The summed E-state index contributed by atoms with van der Waals surface area (Å²) < 4.78 is 21.8. The van der Waals surface area contributed by atoms with Crippen molar-refractivity contribution in [2.45, 2.75) is 13.5 Å². The first kappa shape index (κ1) is 24.7. The molecule has 5 rings (SSSR count). The second kappa shape index (κ2) is 10.2. The Morgan fingerprint density at radius 2 is 1.78 bits per heavy atom. The van der Waals surface area contributed by atoms with Crippen LogP contribution in [0.25, 0.3) is 17.0 Å². The SMILES string of the molecule is COc1ccc(C(=O)NN2C(=O)/C(=C/c3c(C)n(Cc4ccccc4F)c4ccccc34)SC2=S)cc1. The number of thiocarbonyl (C=S) groups is 1. The van der Waals surface area contributed by atoms with E-state index in [-0.39, 0.29) is 10.1 Å². The fraction of sp³-hybridized carbons (Fsp3) is 0.107. The van der Waals surface area contributed by atoms with Gasteiger partial charge < -0.3 is 9.30 Å². The highest BCUT2D eigenvalue weighted by Crippen LogP contribution is 2.35. The predicted molar refractivity (Wildman–Crippen MR) is 148 cm³/mol. The molecule has 2 amide bonds. The number of nitrogens with zero attached hydrogens (tertiary/aromatic N) is 2. The molecule has 2 heterocycles. The van der Waals surface area contributed by atoms with E-state index in [1.165, 1.54) is 6.07 Å². The number of benzene rings is 3. The molecule has 186 valence electrons. The molecule has 6 nitrogen and oxygen atoms in total. The van der Waals surface area contributed by atoms with Crippen molar-refractivity contribution in [2.24, 2.45) is 0 Å². The highest BCUT2D eigenvalue weighted by molar-refractivity contribution is 8.26. The summed E-state index contributed by atoms with van der Waals surface area (Å²) in [6.07, 6.45) is 1.79. The van der Waals surface area contributed by atoms with Gasteiger partial charge in [-0.25, -0.2) is 4.39 Å². The monoisotopic (exact) mass is 531 g/mol. The van der Waals surface area contributed by atoms with Crippen LogP contribution in [0.1, 0.15) is 27.2 Å². The Labute approximate surface area is 222 Å². The van der Waals surface area contributed by atoms with E-state index < -0.39 is 11.8 Å². The zero-order valence-corrected chi connectivity index (χ0v) is 21.7. The predicted octanol–water partition coefficient (Wildman–Crippen LogP) is 5.69. The largest absolute Gasteiger partial charge is 0.497 e. The van der Waals surface area contributed by atoms with Gasteiger partial charge in [0.2, 0.25) is 0 Å². The van der Waals surface area contributed by atoms with Crippen LogP contribution in [0.4, 0.5) is 4.39 Å². The van der Waals surface area contributed by atoms with E-state index in [4.69, 9.17) is 17.0 Å². The Bertz CT molecular complexity index is 1580. The van der Waals surface area contributed by atoms with Crippen LogP contribution < -0.4 is 10.2 Å². The van der Waals surface area contributed by atoms with Gasteiger partial charge in [-0.3, -0.25) is 15.0 Å². The van der Waals surface area contributed by atoms with Crippen LogP contribution in [0.3, 0.4) is 0 Å². The van der Waals surface area contributed by atoms with Crippen molar-refractivity contribution in [1.82, 2.24) is 15.0 Å². The number of methoxy groups -OCH3 is 1. The second-order valence-corrected chi connectivity index (χ2v) is 10.1. The summed E-state index contributed by atoms with van der Waals surface area (Å²) in [4.78, 5) is 26.3. The number of carbonyl (C=O) groups excluding carboxylic acids is 2. The first-order valence-electron chi connectivity index (χ1n) is 11.4. The number of aromatic nitrogens is 1. The zero-order valence-electron chi connectivity index (χ0n) is 20.0. The highest BCUT2D eigenvalue weighted by atomic mass is 32.2. The molecule has 0 saturated carbocycles. The van der Waals surface area contributed by atoms with E-state index >= 15 is 0 Å². The number of thioether (sulfide) groups is 1. The van der Waals surface area contributed by atoms with Crippen LogP contribution in [-0.4, -0.2) is 32.8 Å². The Morgan fingerprint density at radius 1 is 1.08 bits per heavy atom. The summed E-state index contributed by atoms with van der Waals surface area (Å²) in [6, 6.07) is 21.0. The summed E-state index contributed by atoms with van der Waals surface area (Å²) in [6.45, 7) is 2.30. The van der Waals surface area contributed by atoms with Gasteiger partial charge in [-0.05, 0) is 61.6 Å². The lowest BCUT2D eigenvalue weighted by Crippen LogP contribution is -2.44. The summed E-state index contributed by atoms with van der Waals surface area (Å²) in [5.41, 5.74) is 6.20. The van der Waals surface area contributed by atoms with E-state index in [0.29, 0.717) is 28.3 Å². The summed E-state index contributed by atoms with van der Waals surface area (Å²) in [5.74, 6) is -0.524. The number of para-hydroxylation sites is 1. The third-order valence-corrected chi connectivity index (χ3v) is 7.50. The number of rotatable bonds is 6. The van der Waals surface area contributed by atoms with E-state index in [9.17, 15) is 14.0 Å². The molecule has 0 atom stereocenters. The standard InChI is InChI=1S/C28H22FN3O3S2/c1-17-22(21-8-4-6-10-24(21)31(17)16-19-7-3-5-9-23(19)29)15-25-27(34)32(28(36)37-25)30-26(33)18-11-13-20(35-2)14-12-18/h3-15H,16H2,1-2H3,(H,30,33)/b25-15-. The second-order valence-electron chi connectivity index (χ2n) is 8.38. The minimum absolute atomic E-state index is 0.228. The molecule has 1 aromatic heterocycles. The molecule has 4 aromatic rings. The van der Waals surface area contributed by atoms with E-state index in [1.807, 2.05) is 41.8 Å². The quantitative estimate of drug-likeness (QED) is 0.256. The lowest BCUT2D eigenvalue weighted by atomic mass is 10.1. The number of hydrogen-bond acceptors (Lipinski definition) is 5. The van der Waals surface area contributed by atoms with E-state index in [1.54, 1.807) is 49.6 Å². The molecule has 0 spiro atoms. The summed E-state index contributed by atoms with van der Waals surface area (Å²) in [7, 11) is 1.54. The molecular formula is C28H22FN3O3S2. The van der Waals surface area contributed by atoms with Gasteiger partial charge in [0.05, 0.1) is 18.6 Å². The first-order chi connectivity index (χ1) is 17.9. The van der Waals surface area contributed by atoms with Crippen LogP contribution in [-0.2, 0) is 11.3 Å². The Balaban J connectivity index is 1.45. The molecule has 1 aliphatic heterocycles. The molecule has 0 unspecified atom stereocenters. The highest BCUT2D eigenvalue weighted by Gasteiger charge is 2.34. The minimum Gasteiger partial charge on any atom is -0.497 e. The van der Waals surface area contributed by atoms with Crippen LogP contribution in [0.2, 0.25) is 0 Å². The van der Waals surface area contributed by atoms with Crippen molar-refractivity contribution in [3.63, 3.8) is 0 Å². The number of halogens is 1.